The second kappa shape index (κ2) is 5.12. The molecule has 1 heteroatoms. The van der Waals surface area contributed by atoms with E-state index in [9.17, 15) is 0 Å². The van der Waals surface area contributed by atoms with Gasteiger partial charge in [-0.15, -0.1) is 0 Å². The fraction of sp³-hybridized carbons (Fsp3) is 0. The van der Waals surface area contributed by atoms with E-state index in [4.69, 9.17) is 0 Å². The summed E-state index contributed by atoms with van der Waals surface area (Å²) in [7, 11) is 0. The molecule has 0 aromatic heterocycles. The quantitative estimate of drug-likeness (QED) is 0.723. The Morgan fingerprint density at radius 1 is 0.800 bits per heavy atom. The molecular weight excluding hydrogens is 295 g/mol. The second-order valence-electron chi connectivity index (χ2n) is 3.15. The van der Waals surface area contributed by atoms with Crippen LogP contribution in [-0.2, 0) is 0 Å². The van der Waals surface area contributed by atoms with Gasteiger partial charge in [0, 0.05) is 0 Å². The van der Waals surface area contributed by atoms with Gasteiger partial charge in [-0.1, -0.05) is 0 Å². The summed E-state index contributed by atoms with van der Waals surface area (Å²) in [6.07, 6.45) is 1.88. The molecule has 0 saturated heterocycles. The van der Waals surface area contributed by atoms with E-state index >= 15 is 0 Å². The number of hydrogen-bond acceptors (Lipinski definition) is 0. The minimum absolute atomic E-state index is 0.0237. The van der Waals surface area contributed by atoms with Crippen molar-refractivity contribution in [2.45, 2.75) is 0 Å². The Morgan fingerprint density at radius 2 is 1.40 bits per heavy atom. The van der Waals surface area contributed by atoms with Crippen molar-refractivity contribution in [3.05, 3.63) is 73.9 Å². The number of hydrogen-bond donors (Lipinski definition) is 0. The van der Waals surface area contributed by atoms with Crippen molar-refractivity contribution in [3.63, 3.8) is 0 Å². The average Bonchev–Trinajstić information content (AvgIpc) is 2.31. The van der Waals surface area contributed by atoms with Gasteiger partial charge in [-0.25, -0.2) is 0 Å². The van der Waals surface area contributed by atoms with Crippen LogP contribution in [0, 0.1) is 7.14 Å². The molecule has 0 heterocycles. The van der Waals surface area contributed by atoms with Gasteiger partial charge in [0.2, 0.25) is 0 Å². The maximum atomic E-state index is 3.75. The normalized spacial score (nSPS) is 10.1. The molecule has 0 nitrogen and oxygen atoms in total. The Labute approximate surface area is 101 Å². The summed E-state index contributed by atoms with van der Waals surface area (Å²) in [5.41, 5.74) is 1.19. The van der Waals surface area contributed by atoms with Crippen LogP contribution in [-0.4, -0.2) is 0 Å². The molecular formula is C14H12I-. The van der Waals surface area contributed by atoms with E-state index in [2.05, 4.69) is 61.2 Å². The number of halogens is 1. The van der Waals surface area contributed by atoms with Crippen LogP contribution in [0.1, 0.15) is 5.56 Å². The van der Waals surface area contributed by atoms with Crippen LogP contribution >= 0.6 is 0 Å². The van der Waals surface area contributed by atoms with E-state index < -0.39 is 0 Å². The van der Waals surface area contributed by atoms with Crippen LogP contribution in [0.25, 0.3) is 6.08 Å². The Morgan fingerprint density at radius 3 is 2.00 bits per heavy atom. The van der Waals surface area contributed by atoms with Gasteiger partial charge >= 0.3 is 101 Å². The SMILES string of the molecule is C=Cc1ccc([I-]c2ccccc2)cc1. The molecule has 0 unspecified atom stereocenters. The molecule has 0 amide bonds. The van der Waals surface area contributed by atoms with Gasteiger partial charge in [0.1, 0.15) is 0 Å². The standard InChI is InChI=1S/C14H12I/c1-2-12-8-10-14(11-9-12)15-13-6-4-3-5-7-13/h2-11H,1H2/q-1. The molecule has 0 atom stereocenters. The van der Waals surface area contributed by atoms with Gasteiger partial charge in [-0.3, -0.25) is 0 Å². The summed E-state index contributed by atoms with van der Waals surface area (Å²) in [5, 5.41) is 0. The zero-order valence-corrected chi connectivity index (χ0v) is 10.5. The molecule has 0 bridgehead atoms. The van der Waals surface area contributed by atoms with Crippen molar-refractivity contribution < 1.29 is 21.2 Å². The first kappa shape index (κ1) is 10.4. The topological polar surface area (TPSA) is 0 Å². The summed E-state index contributed by atoms with van der Waals surface area (Å²) in [6.45, 7) is 3.75. The predicted molar refractivity (Wildman–Crippen MR) is 60.4 cm³/mol. The zero-order valence-electron chi connectivity index (χ0n) is 8.36. The molecule has 0 aliphatic carbocycles. The van der Waals surface area contributed by atoms with Crippen LogP contribution in [0.2, 0.25) is 0 Å². The van der Waals surface area contributed by atoms with Crippen molar-refractivity contribution in [2.24, 2.45) is 0 Å². The molecule has 2 aromatic carbocycles. The summed E-state index contributed by atoms with van der Waals surface area (Å²) < 4.78 is 2.91. The van der Waals surface area contributed by atoms with Crippen LogP contribution in [0.5, 0.6) is 0 Å². The fourth-order valence-corrected chi connectivity index (χ4v) is 3.48. The van der Waals surface area contributed by atoms with Gasteiger partial charge in [0.25, 0.3) is 0 Å². The van der Waals surface area contributed by atoms with Crippen LogP contribution in [0.4, 0.5) is 0 Å². The molecule has 0 N–H and O–H groups in total. The number of rotatable bonds is 3. The molecule has 0 saturated carbocycles. The predicted octanol–water partition coefficient (Wildman–Crippen LogP) is 0.458. The van der Waals surface area contributed by atoms with E-state index in [1.54, 1.807) is 0 Å². The van der Waals surface area contributed by atoms with Gasteiger partial charge in [0.05, 0.1) is 0 Å². The molecule has 0 fully saturated rings. The minimum atomic E-state index is -0.0237. The van der Waals surface area contributed by atoms with E-state index in [-0.39, 0.29) is 21.2 Å². The monoisotopic (exact) mass is 307 g/mol. The molecule has 0 spiro atoms. The average molecular weight is 307 g/mol. The van der Waals surface area contributed by atoms with Crippen molar-refractivity contribution in [1.29, 1.82) is 0 Å². The Bertz CT molecular complexity index is 429. The molecule has 0 aliphatic heterocycles. The van der Waals surface area contributed by atoms with Gasteiger partial charge < -0.3 is 0 Å². The first-order chi connectivity index (χ1) is 7.38. The van der Waals surface area contributed by atoms with Crippen molar-refractivity contribution >= 4 is 6.08 Å². The van der Waals surface area contributed by atoms with E-state index in [0.717, 1.165) is 0 Å². The molecule has 0 aliphatic rings. The van der Waals surface area contributed by atoms with Crippen LogP contribution in [0.15, 0.2) is 61.2 Å². The third-order valence-corrected chi connectivity index (χ3v) is 4.74. The van der Waals surface area contributed by atoms with Crippen molar-refractivity contribution in [3.8, 4) is 0 Å². The summed E-state index contributed by atoms with van der Waals surface area (Å²) in [4.78, 5) is 0. The number of benzene rings is 2. The third kappa shape index (κ3) is 2.93. The van der Waals surface area contributed by atoms with Crippen molar-refractivity contribution in [2.75, 3.05) is 0 Å². The molecule has 2 aromatic rings. The first-order valence-corrected chi connectivity index (χ1v) is 6.96. The molecule has 2 rings (SSSR count). The Balaban J connectivity index is 2.15. The summed E-state index contributed by atoms with van der Waals surface area (Å²) in [6, 6.07) is 19.3. The Kier molecular flexibility index (Phi) is 3.56. The van der Waals surface area contributed by atoms with Gasteiger partial charge in [0.15, 0.2) is 0 Å². The van der Waals surface area contributed by atoms with Gasteiger partial charge in [-0.2, -0.15) is 0 Å². The van der Waals surface area contributed by atoms with E-state index in [1.807, 2.05) is 6.08 Å². The molecule has 15 heavy (non-hydrogen) atoms. The van der Waals surface area contributed by atoms with Gasteiger partial charge in [-0.05, 0) is 0 Å². The molecule has 76 valence electrons. The van der Waals surface area contributed by atoms with E-state index in [0.29, 0.717) is 0 Å². The van der Waals surface area contributed by atoms with Crippen LogP contribution in [0.3, 0.4) is 0 Å². The zero-order chi connectivity index (χ0) is 10.5. The summed E-state index contributed by atoms with van der Waals surface area (Å²) >= 11 is -0.0237. The van der Waals surface area contributed by atoms with Crippen LogP contribution < -0.4 is 21.2 Å². The Hall–Kier alpha value is -1.09. The second-order valence-corrected chi connectivity index (χ2v) is 6.18. The maximum absolute atomic E-state index is 3.75. The van der Waals surface area contributed by atoms with E-state index in [1.165, 1.54) is 12.7 Å². The third-order valence-electron chi connectivity index (χ3n) is 2.06. The fourth-order valence-electron chi connectivity index (χ4n) is 1.27. The van der Waals surface area contributed by atoms with Crippen molar-refractivity contribution in [1.82, 2.24) is 0 Å². The first-order valence-electron chi connectivity index (χ1n) is 4.81. The summed E-state index contributed by atoms with van der Waals surface area (Å²) in [5.74, 6) is 0. The molecule has 0 radical (unpaired) electrons.